The lowest BCUT2D eigenvalue weighted by atomic mass is 9.92. The van der Waals surface area contributed by atoms with Crippen LogP contribution in [0.4, 0.5) is 17.6 Å². The maximum atomic E-state index is 13.5. The van der Waals surface area contributed by atoms with Gasteiger partial charge in [0.2, 0.25) is 0 Å². The van der Waals surface area contributed by atoms with Crippen LogP contribution < -0.4 is 10.1 Å². The third-order valence-electron chi connectivity index (χ3n) is 5.30. The molecule has 3 nitrogen and oxygen atoms in total. The van der Waals surface area contributed by atoms with Gasteiger partial charge in [-0.15, -0.1) is 0 Å². The molecular formula is C20H20F4N2O. The first-order chi connectivity index (χ1) is 12.9. The number of nitrogens with zero attached hydrogens (tertiary/aromatic N) is 1. The molecule has 2 atom stereocenters. The Bertz CT molecular complexity index is 831. The number of rotatable bonds is 5. The Balaban J connectivity index is 1.86. The predicted octanol–water partition coefficient (Wildman–Crippen LogP) is 4.64. The molecule has 1 N–H and O–H groups in total. The Labute approximate surface area is 154 Å². The number of hydrogen-bond donors (Lipinski definition) is 1. The number of pyridine rings is 1. The van der Waals surface area contributed by atoms with Crippen molar-refractivity contribution in [3.05, 3.63) is 47.4 Å². The number of fused-ring (bicyclic) bond motifs is 1. The van der Waals surface area contributed by atoms with E-state index in [0.717, 1.165) is 12.8 Å². The Morgan fingerprint density at radius 1 is 1.22 bits per heavy atom. The van der Waals surface area contributed by atoms with Crippen molar-refractivity contribution in [2.24, 2.45) is 5.92 Å². The molecule has 0 saturated heterocycles. The van der Waals surface area contributed by atoms with Crippen LogP contribution in [0, 0.1) is 11.7 Å². The standard InChI is InChI=1S/C20H20F4N2O/c1-25-9-15(11-2-3-11)17-8-14-16(20(22,23)24)10-27-19(14)18(26-17)12-4-6-13(21)7-5-12/h4-8,11,15-16,25H,2-3,9-10H2,1H3. The van der Waals surface area contributed by atoms with Gasteiger partial charge in [0.1, 0.15) is 29.8 Å². The van der Waals surface area contributed by atoms with Crippen molar-refractivity contribution in [1.29, 1.82) is 0 Å². The van der Waals surface area contributed by atoms with Gasteiger partial charge in [0.05, 0.1) is 0 Å². The van der Waals surface area contributed by atoms with Crippen molar-refractivity contribution < 1.29 is 22.3 Å². The highest BCUT2D eigenvalue weighted by Gasteiger charge is 2.47. The lowest BCUT2D eigenvalue weighted by molar-refractivity contribution is -0.151. The monoisotopic (exact) mass is 380 g/mol. The van der Waals surface area contributed by atoms with E-state index in [4.69, 9.17) is 4.74 Å². The number of halogens is 4. The molecule has 1 fully saturated rings. The average molecular weight is 380 g/mol. The fraction of sp³-hybridized carbons (Fsp3) is 0.450. The van der Waals surface area contributed by atoms with E-state index in [0.29, 0.717) is 29.4 Å². The minimum absolute atomic E-state index is 0.0500. The molecule has 7 heteroatoms. The number of hydrogen-bond acceptors (Lipinski definition) is 3. The van der Waals surface area contributed by atoms with Gasteiger partial charge >= 0.3 is 6.18 Å². The molecule has 0 bridgehead atoms. The average Bonchev–Trinajstić information content (AvgIpc) is 3.36. The van der Waals surface area contributed by atoms with Crippen LogP contribution in [-0.2, 0) is 0 Å². The molecule has 27 heavy (non-hydrogen) atoms. The topological polar surface area (TPSA) is 34.2 Å². The van der Waals surface area contributed by atoms with Crippen molar-refractivity contribution in [3.8, 4) is 17.0 Å². The van der Waals surface area contributed by atoms with Gasteiger partial charge in [-0.2, -0.15) is 13.2 Å². The molecule has 1 aliphatic carbocycles. The first-order valence-electron chi connectivity index (χ1n) is 9.03. The summed E-state index contributed by atoms with van der Waals surface area (Å²) < 4.78 is 59.3. The van der Waals surface area contributed by atoms with Gasteiger partial charge in [-0.25, -0.2) is 9.37 Å². The highest BCUT2D eigenvalue weighted by atomic mass is 19.4. The molecule has 4 rings (SSSR count). The molecule has 2 unspecified atom stereocenters. The number of ether oxygens (including phenoxy) is 1. The van der Waals surface area contributed by atoms with Crippen molar-refractivity contribution in [1.82, 2.24) is 10.3 Å². The minimum Gasteiger partial charge on any atom is -0.490 e. The second kappa shape index (κ2) is 6.78. The van der Waals surface area contributed by atoms with Crippen molar-refractivity contribution in [3.63, 3.8) is 0 Å². The molecule has 1 saturated carbocycles. The molecular weight excluding hydrogens is 360 g/mol. The summed E-state index contributed by atoms with van der Waals surface area (Å²) in [6, 6.07) is 7.16. The summed E-state index contributed by atoms with van der Waals surface area (Å²) in [6.45, 7) is 0.204. The smallest absolute Gasteiger partial charge is 0.399 e. The molecule has 144 valence electrons. The lowest BCUT2D eigenvalue weighted by Gasteiger charge is -2.20. The van der Waals surface area contributed by atoms with E-state index in [-0.39, 0.29) is 17.2 Å². The maximum absolute atomic E-state index is 13.5. The molecule has 2 aliphatic rings. The van der Waals surface area contributed by atoms with E-state index >= 15 is 0 Å². The molecule has 0 amide bonds. The quantitative estimate of drug-likeness (QED) is 0.768. The first-order valence-corrected chi connectivity index (χ1v) is 9.03. The van der Waals surface area contributed by atoms with Gasteiger partial charge in [-0.3, -0.25) is 0 Å². The second-order valence-corrected chi connectivity index (χ2v) is 7.23. The van der Waals surface area contributed by atoms with Gasteiger partial charge in [0.15, 0.2) is 0 Å². The van der Waals surface area contributed by atoms with E-state index in [9.17, 15) is 17.6 Å². The zero-order valence-corrected chi connectivity index (χ0v) is 14.8. The van der Waals surface area contributed by atoms with E-state index in [1.165, 1.54) is 24.3 Å². The third-order valence-corrected chi connectivity index (χ3v) is 5.30. The number of nitrogens with one attached hydrogen (secondary N) is 1. The van der Waals surface area contributed by atoms with E-state index in [2.05, 4.69) is 10.3 Å². The number of alkyl halides is 3. The van der Waals surface area contributed by atoms with Crippen LogP contribution in [0.25, 0.3) is 11.3 Å². The summed E-state index contributed by atoms with van der Waals surface area (Å²) in [6.07, 6.45) is -2.28. The fourth-order valence-electron chi connectivity index (χ4n) is 3.74. The zero-order chi connectivity index (χ0) is 19.2. The fourth-order valence-corrected chi connectivity index (χ4v) is 3.74. The number of benzene rings is 1. The first kappa shape index (κ1) is 18.2. The van der Waals surface area contributed by atoms with E-state index < -0.39 is 24.5 Å². The molecule has 0 radical (unpaired) electrons. The van der Waals surface area contributed by atoms with Gasteiger partial charge in [-0.05, 0) is 56.1 Å². The SMILES string of the molecule is CNCC(c1cc2c(c(-c3ccc(F)cc3)n1)OCC2C(F)(F)F)C1CC1. The summed E-state index contributed by atoms with van der Waals surface area (Å²) in [7, 11) is 1.82. The zero-order valence-electron chi connectivity index (χ0n) is 14.8. The summed E-state index contributed by atoms with van der Waals surface area (Å²) in [5, 5.41) is 3.12. The van der Waals surface area contributed by atoms with Crippen molar-refractivity contribution in [2.45, 2.75) is 30.9 Å². The van der Waals surface area contributed by atoms with Crippen molar-refractivity contribution >= 4 is 0 Å². The van der Waals surface area contributed by atoms with E-state index in [1.807, 2.05) is 7.05 Å². The normalized spacial score (nSPS) is 20.3. The summed E-state index contributed by atoms with van der Waals surface area (Å²) in [4.78, 5) is 4.69. The summed E-state index contributed by atoms with van der Waals surface area (Å²) in [5.41, 5.74) is 1.69. The lowest BCUT2D eigenvalue weighted by Crippen LogP contribution is -2.23. The third kappa shape index (κ3) is 3.52. The van der Waals surface area contributed by atoms with Gasteiger partial charge in [-0.1, -0.05) is 0 Å². The molecule has 1 aliphatic heterocycles. The summed E-state index contributed by atoms with van der Waals surface area (Å²) >= 11 is 0. The van der Waals surface area contributed by atoms with Crippen molar-refractivity contribution in [2.75, 3.05) is 20.2 Å². The van der Waals surface area contributed by atoms with Crippen LogP contribution in [0.5, 0.6) is 5.75 Å². The van der Waals surface area contributed by atoms with Gasteiger partial charge in [0, 0.05) is 29.3 Å². The number of likely N-dealkylation sites (N-methyl/N-ethyl adjacent to an activating group) is 1. The van der Waals surface area contributed by atoms with Gasteiger partial charge in [0.25, 0.3) is 0 Å². The van der Waals surface area contributed by atoms with Crippen LogP contribution >= 0.6 is 0 Å². The maximum Gasteiger partial charge on any atom is 0.399 e. The largest absolute Gasteiger partial charge is 0.490 e. The molecule has 2 aromatic rings. The Hall–Kier alpha value is -2.15. The number of aromatic nitrogens is 1. The van der Waals surface area contributed by atoms with Crippen LogP contribution in [0.15, 0.2) is 30.3 Å². The Morgan fingerprint density at radius 2 is 1.93 bits per heavy atom. The van der Waals surface area contributed by atoms with Gasteiger partial charge < -0.3 is 10.1 Å². The Morgan fingerprint density at radius 3 is 2.52 bits per heavy atom. The van der Waals surface area contributed by atoms with Crippen LogP contribution in [0.1, 0.15) is 35.9 Å². The van der Waals surface area contributed by atoms with E-state index in [1.54, 1.807) is 6.07 Å². The second-order valence-electron chi connectivity index (χ2n) is 7.23. The molecule has 1 aromatic carbocycles. The molecule has 2 heterocycles. The highest BCUT2D eigenvalue weighted by molar-refractivity contribution is 5.70. The molecule has 1 aromatic heterocycles. The van der Waals surface area contributed by atoms with Crippen LogP contribution in [-0.4, -0.2) is 31.4 Å². The predicted molar refractivity (Wildman–Crippen MR) is 93.3 cm³/mol. The minimum atomic E-state index is -4.39. The molecule has 0 spiro atoms. The Kier molecular flexibility index (Phi) is 4.58. The van der Waals surface area contributed by atoms with Crippen LogP contribution in [0.3, 0.4) is 0 Å². The van der Waals surface area contributed by atoms with Crippen LogP contribution in [0.2, 0.25) is 0 Å². The highest BCUT2D eigenvalue weighted by Crippen LogP contribution is 2.50. The summed E-state index contributed by atoms with van der Waals surface area (Å²) in [5.74, 6) is -1.44.